The maximum atomic E-state index is 9.39. The molecule has 1 N–H and O–H groups in total. The summed E-state index contributed by atoms with van der Waals surface area (Å²) in [6.07, 6.45) is 5.35. The van der Waals surface area contributed by atoms with Gasteiger partial charge in [0.15, 0.2) is 0 Å². The fraction of sp³-hybridized carbons (Fsp3) is 0.700. The summed E-state index contributed by atoms with van der Waals surface area (Å²) >= 11 is 0. The van der Waals surface area contributed by atoms with Gasteiger partial charge in [-0.15, -0.1) is 0 Å². The molecule has 0 aromatic carbocycles. The molecule has 0 saturated heterocycles. The summed E-state index contributed by atoms with van der Waals surface area (Å²) in [4.78, 5) is 0. The number of aromatic nitrogens is 2. The van der Waals surface area contributed by atoms with Gasteiger partial charge in [0.05, 0.1) is 12.8 Å². The first-order valence-electron chi connectivity index (χ1n) is 4.79. The van der Waals surface area contributed by atoms with Gasteiger partial charge in [0.25, 0.3) is 0 Å². The summed E-state index contributed by atoms with van der Waals surface area (Å²) in [5, 5.41) is 13.6. The molecule has 1 heterocycles. The van der Waals surface area contributed by atoms with Crippen molar-refractivity contribution in [1.82, 2.24) is 9.78 Å². The third kappa shape index (κ3) is 1.10. The molecule has 0 unspecified atom stereocenters. The van der Waals surface area contributed by atoms with E-state index in [0.717, 1.165) is 12.8 Å². The average Bonchev–Trinajstić information content (AvgIpc) is 2.35. The number of hydrogen-bond acceptors (Lipinski definition) is 2. The van der Waals surface area contributed by atoms with E-state index in [0.29, 0.717) is 0 Å². The molecule has 0 radical (unpaired) electrons. The van der Waals surface area contributed by atoms with E-state index in [1.165, 1.54) is 17.7 Å². The van der Waals surface area contributed by atoms with Crippen molar-refractivity contribution in [2.24, 2.45) is 7.05 Å². The van der Waals surface area contributed by atoms with Gasteiger partial charge >= 0.3 is 0 Å². The molecule has 1 saturated carbocycles. The Morgan fingerprint density at radius 3 is 2.62 bits per heavy atom. The van der Waals surface area contributed by atoms with E-state index in [9.17, 15) is 5.11 Å². The predicted molar refractivity (Wildman–Crippen MR) is 50.6 cm³/mol. The number of hydrogen-bond donors (Lipinski definition) is 1. The van der Waals surface area contributed by atoms with Crippen molar-refractivity contribution in [2.75, 3.05) is 6.61 Å². The van der Waals surface area contributed by atoms with Crippen LogP contribution in [0.25, 0.3) is 0 Å². The predicted octanol–water partition coefficient (Wildman–Crippen LogP) is 1.14. The third-order valence-electron chi connectivity index (χ3n) is 3.42. The number of aryl methyl sites for hydroxylation is 1. The molecule has 3 heteroatoms. The molecule has 2 rings (SSSR count). The van der Waals surface area contributed by atoms with E-state index in [1.807, 2.05) is 17.9 Å². The van der Waals surface area contributed by atoms with Crippen molar-refractivity contribution in [3.8, 4) is 0 Å². The van der Waals surface area contributed by atoms with Gasteiger partial charge in [-0.05, 0) is 19.8 Å². The maximum Gasteiger partial charge on any atom is 0.0531 e. The van der Waals surface area contributed by atoms with Gasteiger partial charge in [-0.25, -0.2) is 0 Å². The zero-order valence-electron chi connectivity index (χ0n) is 8.25. The first-order chi connectivity index (χ1) is 6.19. The van der Waals surface area contributed by atoms with Crippen LogP contribution in [0.2, 0.25) is 0 Å². The Balaban J connectivity index is 2.38. The fourth-order valence-corrected chi connectivity index (χ4v) is 2.14. The lowest BCUT2D eigenvalue weighted by molar-refractivity contribution is 0.119. The standard InChI is InChI=1S/C10H16N2O/c1-8-9(6-11-12(8)2)10(7-13)4-3-5-10/h6,13H,3-5,7H2,1-2H3. The van der Waals surface area contributed by atoms with Gasteiger partial charge in [-0.1, -0.05) is 6.42 Å². The average molecular weight is 180 g/mol. The van der Waals surface area contributed by atoms with E-state index < -0.39 is 0 Å². The summed E-state index contributed by atoms with van der Waals surface area (Å²) in [5.41, 5.74) is 2.47. The minimum Gasteiger partial charge on any atom is -0.395 e. The lowest BCUT2D eigenvalue weighted by Gasteiger charge is -2.40. The second-order valence-electron chi connectivity index (χ2n) is 4.06. The smallest absolute Gasteiger partial charge is 0.0531 e. The van der Waals surface area contributed by atoms with Crippen LogP contribution in [0.15, 0.2) is 6.20 Å². The Morgan fingerprint density at radius 1 is 1.62 bits per heavy atom. The highest BCUT2D eigenvalue weighted by Gasteiger charge is 2.40. The lowest BCUT2D eigenvalue weighted by atomic mass is 9.65. The quantitative estimate of drug-likeness (QED) is 0.741. The molecule has 3 nitrogen and oxygen atoms in total. The van der Waals surface area contributed by atoms with Crippen LogP contribution in [0.4, 0.5) is 0 Å². The zero-order valence-corrected chi connectivity index (χ0v) is 8.25. The first-order valence-corrected chi connectivity index (χ1v) is 4.79. The van der Waals surface area contributed by atoms with Gasteiger partial charge in [0.1, 0.15) is 0 Å². The van der Waals surface area contributed by atoms with Gasteiger partial charge in [0.2, 0.25) is 0 Å². The van der Waals surface area contributed by atoms with E-state index in [-0.39, 0.29) is 12.0 Å². The summed E-state index contributed by atoms with van der Waals surface area (Å²) < 4.78 is 1.88. The molecule has 0 spiro atoms. The molecule has 72 valence electrons. The third-order valence-corrected chi connectivity index (χ3v) is 3.42. The summed E-state index contributed by atoms with van der Waals surface area (Å²) in [5.74, 6) is 0. The Morgan fingerprint density at radius 2 is 2.31 bits per heavy atom. The Hall–Kier alpha value is -0.830. The SMILES string of the molecule is Cc1c(C2(CO)CCC2)cnn1C. The number of rotatable bonds is 2. The van der Waals surface area contributed by atoms with Crippen LogP contribution in [0.1, 0.15) is 30.5 Å². The van der Waals surface area contributed by atoms with Gasteiger partial charge in [-0.3, -0.25) is 4.68 Å². The minimum atomic E-state index is 0.0400. The first kappa shape index (κ1) is 8.75. The molecule has 13 heavy (non-hydrogen) atoms. The van der Waals surface area contributed by atoms with Crippen molar-refractivity contribution >= 4 is 0 Å². The van der Waals surface area contributed by atoms with Crippen molar-refractivity contribution in [2.45, 2.75) is 31.6 Å². The van der Waals surface area contributed by atoms with Gasteiger partial charge < -0.3 is 5.11 Å². The minimum absolute atomic E-state index is 0.0400. The summed E-state index contributed by atoms with van der Waals surface area (Å²) in [6.45, 7) is 2.33. The molecule has 0 amide bonds. The molecule has 0 bridgehead atoms. The highest BCUT2D eigenvalue weighted by atomic mass is 16.3. The van der Waals surface area contributed by atoms with Crippen molar-refractivity contribution < 1.29 is 5.11 Å². The fourth-order valence-electron chi connectivity index (χ4n) is 2.14. The largest absolute Gasteiger partial charge is 0.395 e. The van der Waals surface area contributed by atoms with E-state index >= 15 is 0 Å². The molecule has 1 aliphatic rings. The molecule has 1 fully saturated rings. The van der Waals surface area contributed by atoms with Crippen molar-refractivity contribution in [1.29, 1.82) is 0 Å². The molecule has 1 aromatic rings. The normalized spacial score (nSPS) is 19.9. The number of aliphatic hydroxyl groups excluding tert-OH is 1. The highest BCUT2D eigenvalue weighted by Crippen LogP contribution is 2.44. The summed E-state index contributed by atoms with van der Waals surface area (Å²) in [7, 11) is 1.95. The second kappa shape index (κ2) is 2.84. The Kier molecular flexibility index (Phi) is 1.91. The Labute approximate surface area is 78.4 Å². The summed E-state index contributed by atoms with van der Waals surface area (Å²) in [6, 6.07) is 0. The highest BCUT2D eigenvalue weighted by molar-refractivity contribution is 5.29. The Bertz CT molecular complexity index is 307. The van der Waals surface area contributed by atoms with E-state index in [4.69, 9.17) is 0 Å². The molecule has 0 atom stereocenters. The molecular formula is C10H16N2O. The van der Waals surface area contributed by atoms with Crippen LogP contribution in [-0.2, 0) is 12.5 Å². The van der Waals surface area contributed by atoms with Crippen LogP contribution in [0.5, 0.6) is 0 Å². The second-order valence-corrected chi connectivity index (χ2v) is 4.06. The van der Waals surface area contributed by atoms with Crippen molar-refractivity contribution in [3.05, 3.63) is 17.5 Å². The number of aliphatic hydroxyl groups is 1. The van der Waals surface area contributed by atoms with Crippen LogP contribution in [0.3, 0.4) is 0 Å². The van der Waals surface area contributed by atoms with Crippen molar-refractivity contribution in [3.63, 3.8) is 0 Å². The topological polar surface area (TPSA) is 38.1 Å². The number of nitrogens with zero attached hydrogens (tertiary/aromatic N) is 2. The molecule has 1 aromatic heterocycles. The van der Waals surface area contributed by atoms with Crippen LogP contribution < -0.4 is 0 Å². The van der Waals surface area contributed by atoms with Gasteiger partial charge in [-0.2, -0.15) is 5.10 Å². The monoisotopic (exact) mass is 180 g/mol. The van der Waals surface area contributed by atoms with E-state index in [1.54, 1.807) is 0 Å². The van der Waals surface area contributed by atoms with Gasteiger partial charge in [0, 0.05) is 23.7 Å². The lowest BCUT2D eigenvalue weighted by Crippen LogP contribution is -2.38. The molecule has 0 aliphatic heterocycles. The zero-order chi connectivity index (χ0) is 9.47. The van der Waals surface area contributed by atoms with Crippen LogP contribution in [0, 0.1) is 6.92 Å². The van der Waals surface area contributed by atoms with E-state index in [2.05, 4.69) is 12.0 Å². The molecular weight excluding hydrogens is 164 g/mol. The van der Waals surface area contributed by atoms with Crippen LogP contribution in [-0.4, -0.2) is 21.5 Å². The van der Waals surface area contributed by atoms with Crippen LogP contribution >= 0.6 is 0 Å². The molecule has 1 aliphatic carbocycles. The maximum absolute atomic E-state index is 9.39.